The molecular formula is C13H17N5O3. The van der Waals surface area contributed by atoms with E-state index in [1.807, 2.05) is 19.2 Å². The summed E-state index contributed by atoms with van der Waals surface area (Å²) in [6.07, 6.45) is 6.45. The van der Waals surface area contributed by atoms with Gasteiger partial charge in [-0.05, 0) is 13.0 Å². The zero-order chi connectivity index (χ0) is 15.2. The molecule has 0 aliphatic carbocycles. The first kappa shape index (κ1) is 14.8. The quantitative estimate of drug-likeness (QED) is 0.767. The van der Waals surface area contributed by atoms with Crippen LogP contribution in [0.3, 0.4) is 0 Å². The van der Waals surface area contributed by atoms with Crippen molar-refractivity contribution in [3.05, 3.63) is 36.4 Å². The second kappa shape index (κ2) is 6.69. The molecule has 2 rings (SSSR count). The van der Waals surface area contributed by atoms with Crippen LogP contribution in [-0.4, -0.2) is 42.6 Å². The summed E-state index contributed by atoms with van der Waals surface area (Å²) < 4.78 is 3.18. The van der Waals surface area contributed by atoms with E-state index >= 15 is 0 Å². The molecule has 0 saturated heterocycles. The normalized spacial score (nSPS) is 12.0. The Kier molecular flexibility index (Phi) is 4.70. The summed E-state index contributed by atoms with van der Waals surface area (Å²) in [5.41, 5.74) is 0.410. The minimum absolute atomic E-state index is 0.0293. The summed E-state index contributed by atoms with van der Waals surface area (Å²) in [4.78, 5) is 22.5. The Morgan fingerprint density at radius 1 is 1.38 bits per heavy atom. The molecule has 8 heteroatoms. The molecule has 0 fully saturated rings. The number of aliphatic carboxylic acids is 1. The zero-order valence-electron chi connectivity index (χ0n) is 11.6. The van der Waals surface area contributed by atoms with E-state index < -0.39 is 5.97 Å². The molecule has 0 aliphatic rings. The lowest BCUT2D eigenvalue weighted by molar-refractivity contribution is -0.137. The van der Waals surface area contributed by atoms with Crippen molar-refractivity contribution in [2.24, 2.45) is 0 Å². The van der Waals surface area contributed by atoms with Gasteiger partial charge < -0.3 is 10.4 Å². The summed E-state index contributed by atoms with van der Waals surface area (Å²) in [7, 11) is 0. The Morgan fingerprint density at radius 3 is 2.86 bits per heavy atom. The molecule has 0 radical (unpaired) electrons. The van der Waals surface area contributed by atoms with Gasteiger partial charge in [0.1, 0.15) is 0 Å². The van der Waals surface area contributed by atoms with E-state index in [0.717, 1.165) is 0 Å². The lowest BCUT2D eigenvalue weighted by Crippen LogP contribution is -2.35. The predicted molar refractivity (Wildman–Crippen MR) is 73.6 cm³/mol. The number of aromatic nitrogens is 4. The van der Waals surface area contributed by atoms with Gasteiger partial charge in [-0.2, -0.15) is 10.2 Å². The van der Waals surface area contributed by atoms with Gasteiger partial charge in [0, 0.05) is 24.6 Å². The third-order valence-electron chi connectivity index (χ3n) is 2.85. The molecule has 0 aromatic carbocycles. The number of aryl methyl sites for hydroxylation is 1. The molecule has 21 heavy (non-hydrogen) atoms. The molecule has 2 heterocycles. The number of nitrogens with zero attached hydrogens (tertiary/aromatic N) is 4. The lowest BCUT2D eigenvalue weighted by Gasteiger charge is -2.13. The molecule has 2 aromatic heterocycles. The Bertz CT molecular complexity index is 605. The number of carboxylic acids is 1. The minimum atomic E-state index is -0.899. The van der Waals surface area contributed by atoms with Crippen LogP contribution in [0.25, 0.3) is 0 Å². The minimum Gasteiger partial charge on any atom is -0.481 e. The fourth-order valence-electron chi connectivity index (χ4n) is 1.86. The van der Waals surface area contributed by atoms with Crippen molar-refractivity contribution < 1.29 is 14.7 Å². The summed E-state index contributed by atoms with van der Waals surface area (Å²) in [6, 6.07) is 1.74. The summed E-state index contributed by atoms with van der Waals surface area (Å²) in [6.45, 7) is 2.70. The van der Waals surface area contributed by atoms with E-state index in [1.165, 1.54) is 10.9 Å². The largest absolute Gasteiger partial charge is 0.481 e. The maximum absolute atomic E-state index is 12.0. The highest BCUT2D eigenvalue weighted by molar-refractivity contribution is 5.93. The van der Waals surface area contributed by atoms with Crippen LogP contribution in [0.5, 0.6) is 0 Å². The topological polar surface area (TPSA) is 102 Å². The van der Waals surface area contributed by atoms with Crippen molar-refractivity contribution in [2.45, 2.75) is 32.5 Å². The van der Waals surface area contributed by atoms with Gasteiger partial charge in [0.05, 0.1) is 31.3 Å². The fraction of sp³-hybridized carbons (Fsp3) is 0.385. The van der Waals surface area contributed by atoms with Crippen LogP contribution in [0, 0.1) is 0 Å². The van der Waals surface area contributed by atoms with E-state index in [-0.39, 0.29) is 24.9 Å². The Morgan fingerprint density at radius 2 is 2.19 bits per heavy atom. The standard InChI is InChI=1S/C13H17N5O3/c1-10(8-17-5-2-4-14-17)16-13(21)11-7-15-18(9-11)6-3-12(19)20/h2,4-5,7,9-10H,3,6,8H2,1H3,(H,16,21)(H,19,20). The van der Waals surface area contributed by atoms with Crippen molar-refractivity contribution in [3.63, 3.8) is 0 Å². The predicted octanol–water partition coefficient (Wildman–Crippen LogP) is 0.373. The van der Waals surface area contributed by atoms with E-state index in [4.69, 9.17) is 5.11 Å². The van der Waals surface area contributed by atoms with Crippen LogP contribution in [0.15, 0.2) is 30.9 Å². The van der Waals surface area contributed by atoms with E-state index in [2.05, 4.69) is 15.5 Å². The molecular weight excluding hydrogens is 274 g/mol. The van der Waals surface area contributed by atoms with Crippen molar-refractivity contribution in [3.8, 4) is 0 Å². The first-order valence-corrected chi connectivity index (χ1v) is 6.57. The second-order valence-electron chi connectivity index (χ2n) is 4.74. The van der Waals surface area contributed by atoms with Gasteiger partial charge in [-0.1, -0.05) is 0 Å². The molecule has 0 aliphatic heterocycles. The maximum atomic E-state index is 12.0. The number of carboxylic acid groups (broad SMARTS) is 1. The monoisotopic (exact) mass is 291 g/mol. The molecule has 1 unspecified atom stereocenters. The molecule has 1 atom stereocenters. The molecule has 2 N–H and O–H groups in total. The first-order chi connectivity index (χ1) is 10.0. The first-order valence-electron chi connectivity index (χ1n) is 6.57. The smallest absolute Gasteiger partial charge is 0.305 e. The number of nitrogens with one attached hydrogen (secondary N) is 1. The average molecular weight is 291 g/mol. The van der Waals surface area contributed by atoms with Gasteiger partial charge in [0.25, 0.3) is 5.91 Å². The zero-order valence-corrected chi connectivity index (χ0v) is 11.6. The van der Waals surface area contributed by atoms with Gasteiger partial charge >= 0.3 is 5.97 Å². The highest BCUT2D eigenvalue weighted by atomic mass is 16.4. The van der Waals surface area contributed by atoms with Crippen LogP contribution < -0.4 is 5.32 Å². The highest BCUT2D eigenvalue weighted by Crippen LogP contribution is 2.01. The summed E-state index contributed by atoms with van der Waals surface area (Å²) in [5, 5.41) is 19.5. The van der Waals surface area contributed by atoms with Gasteiger partial charge in [-0.15, -0.1) is 0 Å². The third kappa shape index (κ3) is 4.44. The van der Waals surface area contributed by atoms with Gasteiger partial charge in [0.2, 0.25) is 0 Å². The lowest BCUT2D eigenvalue weighted by atomic mass is 10.3. The second-order valence-corrected chi connectivity index (χ2v) is 4.74. The van der Waals surface area contributed by atoms with E-state index in [9.17, 15) is 9.59 Å². The number of rotatable bonds is 7. The molecule has 1 amide bonds. The number of amides is 1. The molecule has 112 valence electrons. The van der Waals surface area contributed by atoms with Gasteiger partial charge in [-0.3, -0.25) is 19.0 Å². The van der Waals surface area contributed by atoms with Crippen LogP contribution in [0.2, 0.25) is 0 Å². The Hall–Kier alpha value is -2.64. The van der Waals surface area contributed by atoms with Gasteiger partial charge in [-0.25, -0.2) is 0 Å². The van der Waals surface area contributed by atoms with Crippen molar-refractivity contribution in [1.29, 1.82) is 0 Å². The van der Waals surface area contributed by atoms with Crippen LogP contribution >= 0.6 is 0 Å². The summed E-state index contributed by atoms with van der Waals surface area (Å²) in [5.74, 6) is -1.14. The maximum Gasteiger partial charge on any atom is 0.305 e. The van der Waals surface area contributed by atoms with Gasteiger partial charge in [0.15, 0.2) is 0 Å². The Balaban J connectivity index is 1.86. The van der Waals surface area contributed by atoms with Crippen molar-refractivity contribution >= 4 is 11.9 Å². The Labute approximate surface area is 121 Å². The van der Waals surface area contributed by atoms with Crippen LogP contribution in [0.1, 0.15) is 23.7 Å². The number of hydrogen-bond donors (Lipinski definition) is 2. The summed E-state index contributed by atoms with van der Waals surface area (Å²) >= 11 is 0. The molecule has 0 saturated carbocycles. The average Bonchev–Trinajstić information content (AvgIpc) is 3.06. The SMILES string of the molecule is CC(Cn1cccn1)NC(=O)c1cnn(CCC(=O)O)c1. The van der Waals surface area contributed by atoms with Crippen molar-refractivity contribution in [2.75, 3.05) is 0 Å². The number of carbonyl (C=O) groups is 2. The van der Waals surface area contributed by atoms with Crippen LogP contribution in [-0.2, 0) is 17.9 Å². The number of carbonyl (C=O) groups excluding carboxylic acids is 1. The molecule has 0 spiro atoms. The van der Waals surface area contributed by atoms with E-state index in [1.54, 1.807) is 17.1 Å². The third-order valence-corrected chi connectivity index (χ3v) is 2.85. The van der Waals surface area contributed by atoms with Crippen LogP contribution in [0.4, 0.5) is 0 Å². The molecule has 0 bridgehead atoms. The van der Waals surface area contributed by atoms with E-state index in [0.29, 0.717) is 12.1 Å². The van der Waals surface area contributed by atoms with Crippen molar-refractivity contribution in [1.82, 2.24) is 24.9 Å². The molecule has 2 aromatic rings. The highest BCUT2D eigenvalue weighted by Gasteiger charge is 2.12. The fourth-order valence-corrected chi connectivity index (χ4v) is 1.86. The number of hydrogen-bond acceptors (Lipinski definition) is 4. The molecule has 8 nitrogen and oxygen atoms in total.